The van der Waals surface area contributed by atoms with Gasteiger partial charge in [-0.3, -0.25) is 29.3 Å². The summed E-state index contributed by atoms with van der Waals surface area (Å²) in [7, 11) is 0. The standard InChI is InChI=1S/C56H69F2N11O5/c1-34(2)68-33-60-44-31-43(62-49(48(44)68)61-38-8-9-38)36-6-11-42-45(28-36)69(40-29-39(30-40)64-20-4-3-5-21-64)54(74)55(42)16-26-67(27-17-55)53(73)56(52(57)58)18-24-66(25-19-56)51(72)35-14-22-65(23-15-35)46-12-7-37(32-59-46)41-10-13-47(70)63-50(41)71/h6-7,11-12,28,31-35,38-41,52H,3-5,8-10,13-27,29-30H2,1-2H3,(H,61,62)(H,63,70,71)/t39-,40+,41?. The third kappa shape index (κ3) is 8.59. The molecule has 0 radical (unpaired) electrons. The van der Waals surface area contributed by atoms with E-state index < -0.39 is 29.1 Å². The van der Waals surface area contributed by atoms with Gasteiger partial charge in [-0.05, 0) is 140 Å². The lowest BCUT2D eigenvalue weighted by atomic mass is 9.72. The minimum Gasteiger partial charge on any atom is -0.366 e. The van der Waals surface area contributed by atoms with Gasteiger partial charge in [-0.15, -0.1) is 0 Å². The second kappa shape index (κ2) is 19.3. The molecule has 4 aromatic rings. The minimum absolute atomic E-state index is 0.0391. The van der Waals surface area contributed by atoms with Gasteiger partial charge in [-0.1, -0.05) is 24.6 Å². The topological polar surface area (TPSA) is 169 Å². The molecule has 2 saturated carbocycles. The molecule has 7 fully saturated rings. The Labute approximate surface area is 431 Å². The van der Waals surface area contributed by atoms with Crippen LogP contribution in [0, 0.1) is 11.3 Å². The van der Waals surface area contributed by atoms with Crippen molar-refractivity contribution in [3.05, 3.63) is 60.0 Å². The van der Waals surface area contributed by atoms with E-state index in [1.165, 1.54) is 19.3 Å². The first-order chi connectivity index (χ1) is 35.8. The van der Waals surface area contributed by atoms with Crippen molar-refractivity contribution in [2.45, 2.75) is 152 Å². The van der Waals surface area contributed by atoms with Gasteiger partial charge in [0, 0.05) is 93.2 Å². The van der Waals surface area contributed by atoms with Crippen LogP contribution >= 0.6 is 0 Å². The summed E-state index contributed by atoms with van der Waals surface area (Å²) in [5, 5.41) is 6.06. The van der Waals surface area contributed by atoms with Gasteiger partial charge in [0.1, 0.15) is 16.7 Å². The Morgan fingerprint density at radius 3 is 2.19 bits per heavy atom. The van der Waals surface area contributed by atoms with Crippen LogP contribution in [0.1, 0.15) is 133 Å². The summed E-state index contributed by atoms with van der Waals surface area (Å²) >= 11 is 0. The summed E-state index contributed by atoms with van der Waals surface area (Å²) in [5.41, 5.74) is 3.34. The molecule has 5 amide bonds. The number of carbonyl (C=O) groups excluding carboxylic acids is 5. The number of carbonyl (C=O) groups is 5. The van der Waals surface area contributed by atoms with E-state index in [2.05, 4.69) is 66.9 Å². The third-order valence-electron chi connectivity index (χ3n) is 18.4. The number of alkyl halides is 2. The van der Waals surface area contributed by atoms with Crippen LogP contribution in [0.5, 0.6) is 0 Å². The molecule has 1 spiro atoms. The number of hydrogen-bond acceptors (Lipinski definition) is 11. The maximum Gasteiger partial charge on any atom is 0.253 e. The summed E-state index contributed by atoms with van der Waals surface area (Å²) in [6.07, 6.45) is 10.7. The van der Waals surface area contributed by atoms with Gasteiger partial charge in [0.25, 0.3) is 6.43 Å². The van der Waals surface area contributed by atoms with E-state index in [-0.39, 0.29) is 80.7 Å². The van der Waals surface area contributed by atoms with E-state index in [0.717, 1.165) is 89.5 Å². The highest BCUT2D eigenvalue weighted by atomic mass is 19.3. The highest BCUT2D eigenvalue weighted by Crippen LogP contribution is 2.53. The predicted molar refractivity (Wildman–Crippen MR) is 276 cm³/mol. The molecule has 392 valence electrons. The number of rotatable bonds is 11. The second-order valence-electron chi connectivity index (χ2n) is 23.0. The number of imidazole rings is 1. The number of likely N-dealkylation sites (tertiary alicyclic amines) is 3. The molecule has 74 heavy (non-hydrogen) atoms. The first-order valence-electron chi connectivity index (χ1n) is 27.6. The Morgan fingerprint density at radius 1 is 0.797 bits per heavy atom. The average molecular weight is 1010 g/mol. The number of benzene rings is 1. The molecule has 16 nitrogen and oxygen atoms in total. The Morgan fingerprint density at radius 2 is 1.53 bits per heavy atom. The number of pyridine rings is 2. The lowest BCUT2D eigenvalue weighted by molar-refractivity contribution is -0.163. The smallest absolute Gasteiger partial charge is 0.253 e. The molecule has 2 aliphatic carbocycles. The first kappa shape index (κ1) is 48.9. The van der Waals surface area contributed by atoms with E-state index in [9.17, 15) is 19.2 Å². The van der Waals surface area contributed by atoms with Gasteiger partial charge >= 0.3 is 0 Å². The molecule has 8 aliphatic rings. The van der Waals surface area contributed by atoms with Gasteiger partial charge in [0.2, 0.25) is 29.5 Å². The largest absolute Gasteiger partial charge is 0.366 e. The fraction of sp³-hybridized carbons (Fsp3) is 0.607. The number of hydrogen-bond donors (Lipinski definition) is 2. The van der Waals surface area contributed by atoms with Crippen LogP contribution in [0.3, 0.4) is 0 Å². The molecule has 2 N–H and O–H groups in total. The monoisotopic (exact) mass is 1010 g/mol. The number of nitrogens with zero attached hydrogens (tertiary/aromatic N) is 9. The van der Waals surface area contributed by atoms with Gasteiger partial charge in [0.15, 0.2) is 5.82 Å². The van der Waals surface area contributed by atoms with Gasteiger partial charge in [-0.2, -0.15) is 0 Å². The fourth-order valence-corrected chi connectivity index (χ4v) is 13.5. The minimum atomic E-state index is -2.90. The Kier molecular flexibility index (Phi) is 12.7. The normalized spacial score (nSPS) is 25.5. The van der Waals surface area contributed by atoms with Crippen LogP contribution in [0.4, 0.5) is 26.1 Å². The quantitative estimate of drug-likeness (QED) is 0.146. The van der Waals surface area contributed by atoms with E-state index in [4.69, 9.17) is 9.97 Å². The highest BCUT2D eigenvalue weighted by molar-refractivity contribution is 6.09. The molecule has 18 heteroatoms. The Hall–Kier alpha value is -6.04. The molecule has 9 heterocycles. The molecular weight excluding hydrogens is 945 g/mol. The van der Waals surface area contributed by atoms with Crippen molar-refractivity contribution in [3.63, 3.8) is 0 Å². The Balaban J connectivity index is 0.723. The van der Waals surface area contributed by atoms with E-state index in [0.29, 0.717) is 63.7 Å². The second-order valence-corrected chi connectivity index (χ2v) is 23.0. The van der Waals surface area contributed by atoms with E-state index in [1.54, 1.807) is 16.0 Å². The van der Waals surface area contributed by atoms with E-state index >= 15 is 13.6 Å². The van der Waals surface area contributed by atoms with Gasteiger partial charge in [0.05, 0.1) is 28.9 Å². The molecule has 0 bridgehead atoms. The van der Waals surface area contributed by atoms with Crippen molar-refractivity contribution in [1.29, 1.82) is 0 Å². The van der Waals surface area contributed by atoms with Crippen molar-refractivity contribution >= 4 is 57.9 Å². The molecule has 1 unspecified atom stereocenters. The maximum atomic E-state index is 15.5. The zero-order valence-electron chi connectivity index (χ0n) is 42.7. The molecule has 5 saturated heterocycles. The van der Waals surface area contributed by atoms with Crippen molar-refractivity contribution in [1.82, 2.24) is 39.5 Å². The number of piperidine rings is 5. The summed E-state index contributed by atoms with van der Waals surface area (Å²) < 4.78 is 33.1. The number of aromatic nitrogens is 4. The predicted octanol–water partition coefficient (Wildman–Crippen LogP) is 7.18. The van der Waals surface area contributed by atoms with Gasteiger partial charge < -0.3 is 34.4 Å². The van der Waals surface area contributed by atoms with Crippen LogP contribution in [-0.4, -0.2) is 141 Å². The summed E-state index contributed by atoms with van der Waals surface area (Å²) in [4.78, 5) is 92.4. The van der Waals surface area contributed by atoms with Crippen molar-refractivity contribution in [2.75, 3.05) is 67.5 Å². The van der Waals surface area contributed by atoms with Crippen LogP contribution < -0.4 is 20.4 Å². The van der Waals surface area contributed by atoms with Crippen molar-refractivity contribution < 1.29 is 32.8 Å². The molecule has 1 aromatic carbocycles. The first-order valence-corrected chi connectivity index (χ1v) is 27.6. The van der Waals surface area contributed by atoms with Crippen LogP contribution in [0.2, 0.25) is 0 Å². The zero-order chi connectivity index (χ0) is 51.0. The fourth-order valence-electron chi connectivity index (χ4n) is 13.5. The lowest BCUT2D eigenvalue weighted by Crippen LogP contribution is -2.60. The Bertz CT molecular complexity index is 2830. The summed E-state index contributed by atoms with van der Waals surface area (Å²) in [6, 6.07) is 13.1. The highest BCUT2D eigenvalue weighted by Gasteiger charge is 2.58. The number of nitrogens with one attached hydrogen (secondary N) is 2. The van der Waals surface area contributed by atoms with E-state index in [1.807, 2.05) is 24.5 Å². The number of fused-ring (bicyclic) bond motifs is 3. The lowest BCUT2D eigenvalue weighted by Gasteiger charge is -2.48. The molecular formula is C56H69F2N11O5. The number of imide groups is 1. The third-order valence-corrected chi connectivity index (χ3v) is 18.4. The zero-order valence-corrected chi connectivity index (χ0v) is 42.7. The van der Waals surface area contributed by atoms with Gasteiger partial charge in [-0.25, -0.2) is 23.7 Å². The van der Waals surface area contributed by atoms with Crippen molar-refractivity contribution in [3.8, 4) is 11.3 Å². The molecule has 6 aliphatic heterocycles. The molecule has 1 atom stereocenters. The maximum absolute atomic E-state index is 15.5. The summed E-state index contributed by atoms with van der Waals surface area (Å²) in [6.45, 7) is 8.21. The number of anilines is 3. The summed E-state index contributed by atoms with van der Waals surface area (Å²) in [5.74, 6) is -0.272. The van der Waals surface area contributed by atoms with Crippen LogP contribution in [-0.2, 0) is 29.4 Å². The van der Waals surface area contributed by atoms with Crippen LogP contribution in [0.15, 0.2) is 48.9 Å². The number of halogens is 2. The number of amides is 5. The van der Waals surface area contributed by atoms with Crippen LogP contribution in [0.25, 0.3) is 22.3 Å². The SMILES string of the molecule is CC(C)n1cnc2cc(-c3ccc4c(c3)N([C@H]3C[C@@H](N5CCCCC5)C3)C(=O)C43CCN(C(=O)C4(C(F)F)CCN(C(=O)C5CCN(c6ccc(C7CCC(=O)NC7=O)cn6)CC5)CC4)CC3)nc(NC3CC3)c21. The molecule has 3 aromatic heterocycles. The van der Waals surface area contributed by atoms with Crippen molar-refractivity contribution in [2.24, 2.45) is 11.3 Å². The molecule has 12 rings (SSSR count). The average Bonchev–Trinajstić information content (AvgIpc) is 4.11.